The van der Waals surface area contributed by atoms with Crippen LogP contribution in [0.25, 0.3) is 0 Å². The molecule has 2 aliphatic rings. The second-order valence-electron chi connectivity index (χ2n) is 7.31. The fourth-order valence-electron chi connectivity index (χ4n) is 3.94. The van der Waals surface area contributed by atoms with Gasteiger partial charge in [-0.1, -0.05) is 0 Å². The van der Waals surface area contributed by atoms with E-state index in [0.717, 1.165) is 31.5 Å². The Labute approximate surface area is 165 Å². The number of benzene rings is 1. The molecule has 1 amide bonds. The van der Waals surface area contributed by atoms with Gasteiger partial charge in [0.05, 0.1) is 0 Å². The van der Waals surface area contributed by atoms with Gasteiger partial charge in [-0.3, -0.25) is 4.79 Å². The van der Waals surface area contributed by atoms with Crippen LogP contribution in [-0.2, 0) is 4.79 Å². The van der Waals surface area contributed by atoms with Gasteiger partial charge in [0.2, 0.25) is 0 Å². The molecular formula is C21H27FN4O2. The van der Waals surface area contributed by atoms with Crippen LogP contribution in [0.1, 0.15) is 25.7 Å². The molecule has 0 aromatic heterocycles. The zero-order valence-electron chi connectivity index (χ0n) is 16.1. The topological polar surface area (TPSA) is 70.8 Å². The third-order valence-corrected chi connectivity index (χ3v) is 5.54. The lowest BCUT2D eigenvalue weighted by molar-refractivity contribution is -0.127. The summed E-state index contributed by atoms with van der Waals surface area (Å²) in [6.45, 7) is 3.25. The fraction of sp³-hybridized carbons (Fsp3) is 0.524. The van der Waals surface area contributed by atoms with Crippen LogP contribution >= 0.6 is 0 Å². The highest BCUT2D eigenvalue weighted by Gasteiger charge is 2.26. The minimum atomic E-state index is -0.265. The number of rotatable bonds is 5. The molecular weight excluding hydrogens is 359 g/mol. The summed E-state index contributed by atoms with van der Waals surface area (Å²) in [5.41, 5.74) is 1.09. The number of aliphatic hydroxyl groups excluding tert-OH is 1. The number of hydrogen-bond acceptors (Lipinski definition) is 5. The Hall–Kier alpha value is -2.59. The molecule has 3 rings (SSSR count). The summed E-state index contributed by atoms with van der Waals surface area (Å²) in [6, 6.07) is 8.61. The van der Waals surface area contributed by atoms with Crippen molar-refractivity contribution in [2.45, 2.75) is 31.7 Å². The predicted octanol–water partition coefficient (Wildman–Crippen LogP) is 2.12. The lowest BCUT2D eigenvalue weighted by atomic mass is 10.00. The number of nitriles is 1. The van der Waals surface area contributed by atoms with Gasteiger partial charge in [0.1, 0.15) is 17.5 Å². The Morgan fingerprint density at radius 1 is 1.18 bits per heavy atom. The van der Waals surface area contributed by atoms with Crippen LogP contribution in [0, 0.1) is 17.1 Å². The van der Waals surface area contributed by atoms with E-state index in [0.29, 0.717) is 32.6 Å². The van der Waals surface area contributed by atoms with Crippen LogP contribution in [0.4, 0.5) is 10.1 Å². The Bertz CT molecular complexity index is 734. The second-order valence-corrected chi connectivity index (χ2v) is 7.31. The summed E-state index contributed by atoms with van der Waals surface area (Å²) in [6.07, 6.45) is 5.45. The quantitative estimate of drug-likeness (QED) is 0.620. The molecule has 2 heterocycles. The van der Waals surface area contributed by atoms with Crippen molar-refractivity contribution in [2.75, 3.05) is 44.2 Å². The third-order valence-electron chi connectivity index (χ3n) is 5.54. The molecule has 0 bridgehead atoms. The molecule has 1 aromatic rings. The first kappa shape index (κ1) is 20.2. The molecule has 28 heavy (non-hydrogen) atoms. The summed E-state index contributed by atoms with van der Waals surface area (Å²) >= 11 is 0. The smallest absolute Gasteiger partial charge is 0.266 e. The van der Waals surface area contributed by atoms with Crippen LogP contribution in [0.3, 0.4) is 0 Å². The molecule has 2 fully saturated rings. The molecule has 150 valence electrons. The predicted molar refractivity (Wildman–Crippen MR) is 105 cm³/mol. The number of piperidine rings is 1. The van der Waals surface area contributed by atoms with Crippen molar-refractivity contribution in [3.63, 3.8) is 0 Å². The van der Waals surface area contributed by atoms with Crippen molar-refractivity contribution < 1.29 is 14.3 Å². The fourth-order valence-corrected chi connectivity index (χ4v) is 3.94. The average Bonchev–Trinajstić information content (AvgIpc) is 2.73. The monoisotopic (exact) mass is 386 g/mol. The van der Waals surface area contributed by atoms with Crippen molar-refractivity contribution in [1.29, 1.82) is 5.26 Å². The number of piperazine rings is 1. The van der Waals surface area contributed by atoms with Gasteiger partial charge in [0, 0.05) is 57.3 Å². The molecule has 1 aromatic carbocycles. The Morgan fingerprint density at radius 2 is 1.89 bits per heavy atom. The van der Waals surface area contributed by atoms with Crippen molar-refractivity contribution in [3.05, 3.63) is 41.9 Å². The number of carbonyl (C=O) groups excluding carboxylic acids is 1. The molecule has 2 saturated heterocycles. The number of anilines is 1. The Kier molecular flexibility index (Phi) is 6.88. The number of nitrogens with zero attached hydrogens (tertiary/aromatic N) is 4. The van der Waals surface area contributed by atoms with E-state index >= 15 is 0 Å². The highest BCUT2D eigenvalue weighted by molar-refractivity contribution is 5.97. The summed E-state index contributed by atoms with van der Waals surface area (Å²) in [7, 11) is 0. The lowest BCUT2D eigenvalue weighted by Crippen LogP contribution is -2.49. The first-order chi connectivity index (χ1) is 13.6. The highest BCUT2D eigenvalue weighted by atomic mass is 19.1. The molecule has 0 radical (unpaired) electrons. The standard InChI is InChI=1S/C21H27FN4O2/c22-18-4-6-20(7-5-18)24-10-12-25(13-11-24)21(28)17(15-23)16-26-9-2-1-3-19(26)8-14-27/h4-7,16,19,27H,1-3,8-14H2/b17-16-. The minimum Gasteiger partial charge on any atom is -0.396 e. The molecule has 0 aliphatic carbocycles. The maximum atomic E-state index is 13.1. The number of aliphatic hydroxyl groups is 1. The largest absolute Gasteiger partial charge is 0.396 e. The maximum absolute atomic E-state index is 13.1. The van der Waals surface area contributed by atoms with Gasteiger partial charge in [-0.2, -0.15) is 5.26 Å². The van der Waals surface area contributed by atoms with Crippen LogP contribution in [-0.4, -0.2) is 66.2 Å². The van der Waals surface area contributed by atoms with E-state index in [9.17, 15) is 19.6 Å². The average molecular weight is 386 g/mol. The SMILES string of the molecule is N#C/C(=C/N1CCCCC1CCO)C(=O)N1CCN(c2ccc(F)cc2)CC1. The van der Waals surface area contributed by atoms with E-state index in [1.54, 1.807) is 23.2 Å². The van der Waals surface area contributed by atoms with Crippen molar-refractivity contribution in [3.8, 4) is 6.07 Å². The summed E-state index contributed by atoms with van der Waals surface area (Å²) in [5.74, 6) is -0.506. The number of hydrogen-bond donors (Lipinski definition) is 1. The molecule has 0 saturated carbocycles. The molecule has 1 N–H and O–H groups in total. The molecule has 1 unspecified atom stereocenters. The number of amides is 1. The Morgan fingerprint density at radius 3 is 2.54 bits per heavy atom. The molecule has 7 heteroatoms. The van der Waals surface area contributed by atoms with E-state index in [1.807, 2.05) is 4.90 Å². The maximum Gasteiger partial charge on any atom is 0.266 e. The van der Waals surface area contributed by atoms with Crippen LogP contribution in [0.2, 0.25) is 0 Å². The van der Waals surface area contributed by atoms with E-state index in [2.05, 4.69) is 11.0 Å². The van der Waals surface area contributed by atoms with Crippen molar-refractivity contribution in [2.24, 2.45) is 0 Å². The van der Waals surface area contributed by atoms with Crippen LogP contribution in [0.15, 0.2) is 36.0 Å². The van der Waals surface area contributed by atoms with E-state index in [1.165, 1.54) is 12.1 Å². The number of carbonyl (C=O) groups is 1. The van der Waals surface area contributed by atoms with Gasteiger partial charge in [-0.25, -0.2) is 4.39 Å². The highest BCUT2D eigenvalue weighted by Crippen LogP contribution is 2.22. The molecule has 1 atom stereocenters. The summed E-state index contributed by atoms with van der Waals surface area (Å²) < 4.78 is 13.1. The van der Waals surface area contributed by atoms with Gasteiger partial charge < -0.3 is 19.8 Å². The van der Waals surface area contributed by atoms with Gasteiger partial charge in [0.25, 0.3) is 5.91 Å². The zero-order valence-corrected chi connectivity index (χ0v) is 16.1. The van der Waals surface area contributed by atoms with Crippen molar-refractivity contribution >= 4 is 11.6 Å². The first-order valence-electron chi connectivity index (χ1n) is 9.90. The van der Waals surface area contributed by atoms with Gasteiger partial charge in [-0.05, 0) is 49.9 Å². The molecule has 0 spiro atoms. The normalized spacial score (nSPS) is 20.8. The number of likely N-dealkylation sites (tertiary alicyclic amines) is 1. The van der Waals surface area contributed by atoms with Gasteiger partial charge in [-0.15, -0.1) is 0 Å². The van der Waals surface area contributed by atoms with E-state index in [-0.39, 0.29) is 29.9 Å². The Balaban J connectivity index is 1.62. The summed E-state index contributed by atoms with van der Waals surface area (Å²) in [4.78, 5) is 18.7. The lowest BCUT2D eigenvalue weighted by Gasteiger charge is -2.37. The second kappa shape index (κ2) is 9.56. The third kappa shape index (κ3) is 4.82. The minimum absolute atomic E-state index is 0.107. The van der Waals surface area contributed by atoms with Crippen LogP contribution < -0.4 is 4.90 Å². The first-order valence-corrected chi connectivity index (χ1v) is 9.90. The summed E-state index contributed by atoms with van der Waals surface area (Å²) in [5, 5.41) is 18.8. The van der Waals surface area contributed by atoms with Crippen molar-refractivity contribution in [1.82, 2.24) is 9.80 Å². The molecule has 2 aliphatic heterocycles. The van der Waals surface area contributed by atoms with E-state index < -0.39 is 0 Å². The number of halogens is 1. The van der Waals surface area contributed by atoms with Crippen LogP contribution in [0.5, 0.6) is 0 Å². The molecule has 6 nitrogen and oxygen atoms in total. The van der Waals surface area contributed by atoms with E-state index in [4.69, 9.17) is 0 Å². The zero-order chi connectivity index (χ0) is 19.9. The van der Waals surface area contributed by atoms with Gasteiger partial charge in [0.15, 0.2) is 0 Å². The van der Waals surface area contributed by atoms with Gasteiger partial charge >= 0.3 is 0 Å².